The molecule has 0 bridgehead atoms. The highest BCUT2D eigenvalue weighted by atomic mass is 35.5. The maximum Gasteiger partial charge on any atom is 0.191 e. The zero-order chi connectivity index (χ0) is 15.2. The number of nitrogens with one attached hydrogen (secondary N) is 2. The average Bonchev–Trinajstić information content (AvgIpc) is 3.01. The fourth-order valence-electron chi connectivity index (χ4n) is 1.94. The van der Waals surface area contributed by atoms with Gasteiger partial charge >= 0.3 is 0 Å². The lowest BCUT2D eigenvalue weighted by molar-refractivity contribution is 0.392. The fourth-order valence-corrected chi connectivity index (χ4v) is 3.02. The number of hydrogen-bond donors (Lipinski definition) is 2. The highest BCUT2D eigenvalue weighted by molar-refractivity contribution is 7.16. The average molecular weight is 327 g/mol. The van der Waals surface area contributed by atoms with Gasteiger partial charge in [0.15, 0.2) is 5.96 Å². The van der Waals surface area contributed by atoms with E-state index >= 15 is 0 Å². The Morgan fingerprint density at radius 3 is 2.76 bits per heavy atom. The van der Waals surface area contributed by atoms with E-state index in [4.69, 9.17) is 16.1 Å². The number of rotatable bonds is 5. The van der Waals surface area contributed by atoms with Crippen LogP contribution in [0.5, 0.6) is 0 Å². The van der Waals surface area contributed by atoms with E-state index in [1.807, 2.05) is 19.9 Å². The van der Waals surface area contributed by atoms with Crippen LogP contribution < -0.4 is 10.6 Å². The van der Waals surface area contributed by atoms with Crippen molar-refractivity contribution in [1.29, 1.82) is 0 Å². The van der Waals surface area contributed by atoms with E-state index < -0.39 is 0 Å². The quantitative estimate of drug-likeness (QED) is 0.655. The van der Waals surface area contributed by atoms with Crippen molar-refractivity contribution in [3.63, 3.8) is 0 Å². The molecule has 0 unspecified atom stereocenters. The maximum absolute atomic E-state index is 5.91. The number of aryl methyl sites for hydroxylation is 2. The monoisotopic (exact) mass is 326 g/mol. The van der Waals surface area contributed by atoms with Crippen LogP contribution in [-0.2, 0) is 13.0 Å². The first-order valence-corrected chi connectivity index (χ1v) is 7.90. The molecule has 0 atom stereocenters. The molecule has 0 radical (unpaired) electrons. The van der Waals surface area contributed by atoms with Crippen molar-refractivity contribution in [2.24, 2.45) is 4.99 Å². The van der Waals surface area contributed by atoms with Gasteiger partial charge in [-0.25, -0.2) is 0 Å². The van der Waals surface area contributed by atoms with Crippen LogP contribution in [0.25, 0.3) is 0 Å². The molecule has 2 rings (SSSR count). The highest BCUT2D eigenvalue weighted by Crippen LogP contribution is 2.21. The van der Waals surface area contributed by atoms with Gasteiger partial charge in [0.25, 0.3) is 0 Å². The lowest BCUT2D eigenvalue weighted by Gasteiger charge is -2.11. The molecule has 2 aromatic heterocycles. The fraction of sp³-hybridized carbons (Fsp3) is 0.429. The van der Waals surface area contributed by atoms with Crippen LogP contribution in [-0.4, -0.2) is 24.7 Å². The molecule has 2 N–H and O–H groups in total. The van der Waals surface area contributed by atoms with Crippen molar-refractivity contribution in [2.75, 3.05) is 13.6 Å². The van der Waals surface area contributed by atoms with Gasteiger partial charge in [-0.1, -0.05) is 16.8 Å². The molecule has 7 heteroatoms. The first-order valence-electron chi connectivity index (χ1n) is 6.70. The zero-order valence-corrected chi connectivity index (χ0v) is 13.9. The van der Waals surface area contributed by atoms with Crippen LogP contribution in [0.15, 0.2) is 21.6 Å². The van der Waals surface area contributed by atoms with E-state index in [1.165, 1.54) is 4.88 Å². The van der Waals surface area contributed by atoms with Crippen LogP contribution in [0, 0.1) is 13.8 Å². The lowest BCUT2D eigenvalue weighted by atomic mass is 10.2. The summed E-state index contributed by atoms with van der Waals surface area (Å²) < 4.78 is 5.97. The second kappa shape index (κ2) is 7.47. The molecule has 114 valence electrons. The van der Waals surface area contributed by atoms with Crippen molar-refractivity contribution in [3.05, 3.63) is 38.4 Å². The van der Waals surface area contributed by atoms with Crippen molar-refractivity contribution in [1.82, 2.24) is 15.8 Å². The first kappa shape index (κ1) is 15.9. The summed E-state index contributed by atoms with van der Waals surface area (Å²) in [6.45, 7) is 5.29. The number of guanidine groups is 1. The van der Waals surface area contributed by atoms with E-state index in [0.29, 0.717) is 6.54 Å². The molecule has 0 saturated heterocycles. The van der Waals surface area contributed by atoms with Gasteiger partial charge in [-0.05, 0) is 32.4 Å². The van der Waals surface area contributed by atoms with Gasteiger partial charge in [0.1, 0.15) is 5.76 Å². The van der Waals surface area contributed by atoms with E-state index in [9.17, 15) is 0 Å². The second-order valence-electron chi connectivity index (χ2n) is 4.61. The molecule has 0 fully saturated rings. The predicted octanol–water partition coefficient (Wildman–Crippen LogP) is 2.91. The summed E-state index contributed by atoms with van der Waals surface area (Å²) in [5.74, 6) is 1.60. The minimum absolute atomic E-state index is 0.645. The normalized spacial score (nSPS) is 11.7. The number of thiophene rings is 1. The van der Waals surface area contributed by atoms with Crippen LogP contribution in [0.1, 0.15) is 21.9 Å². The van der Waals surface area contributed by atoms with E-state index in [0.717, 1.165) is 40.3 Å². The van der Waals surface area contributed by atoms with Gasteiger partial charge in [0.05, 0.1) is 10.0 Å². The van der Waals surface area contributed by atoms with Gasteiger partial charge in [0, 0.05) is 30.6 Å². The third kappa shape index (κ3) is 4.47. The van der Waals surface area contributed by atoms with E-state index in [-0.39, 0.29) is 0 Å². The van der Waals surface area contributed by atoms with Gasteiger partial charge < -0.3 is 15.2 Å². The van der Waals surface area contributed by atoms with Crippen LogP contribution >= 0.6 is 22.9 Å². The number of aromatic nitrogens is 1. The Labute approximate surface area is 133 Å². The summed E-state index contributed by atoms with van der Waals surface area (Å²) >= 11 is 7.52. The van der Waals surface area contributed by atoms with E-state index in [2.05, 4.69) is 26.8 Å². The van der Waals surface area contributed by atoms with Gasteiger partial charge in [-0.3, -0.25) is 4.99 Å². The Bertz CT molecular complexity index is 601. The molecule has 0 spiro atoms. The second-order valence-corrected chi connectivity index (χ2v) is 6.41. The van der Waals surface area contributed by atoms with Crippen molar-refractivity contribution >= 4 is 28.9 Å². The van der Waals surface area contributed by atoms with Crippen molar-refractivity contribution in [2.45, 2.75) is 26.8 Å². The molecule has 0 aliphatic heterocycles. The summed E-state index contributed by atoms with van der Waals surface area (Å²) in [7, 11) is 1.75. The van der Waals surface area contributed by atoms with Crippen LogP contribution in [0.3, 0.4) is 0 Å². The molecule has 0 aromatic carbocycles. The van der Waals surface area contributed by atoms with Crippen molar-refractivity contribution in [3.8, 4) is 0 Å². The van der Waals surface area contributed by atoms with Crippen LogP contribution in [0.2, 0.25) is 4.34 Å². The minimum atomic E-state index is 0.645. The first-order chi connectivity index (χ1) is 10.1. The topological polar surface area (TPSA) is 62.5 Å². The number of halogens is 1. The third-order valence-corrected chi connectivity index (χ3v) is 4.42. The highest BCUT2D eigenvalue weighted by Gasteiger charge is 2.09. The number of nitrogens with zero attached hydrogens (tertiary/aromatic N) is 2. The minimum Gasteiger partial charge on any atom is -0.361 e. The molecule has 0 aliphatic carbocycles. The summed E-state index contributed by atoms with van der Waals surface area (Å²) in [5.41, 5.74) is 1.98. The smallest absolute Gasteiger partial charge is 0.191 e. The van der Waals surface area contributed by atoms with Crippen molar-refractivity contribution < 1.29 is 4.52 Å². The molecule has 0 amide bonds. The summed E-state index contributed by atoms with van der Waals surface area (Å²) in [5, 5.41) is 10.5. The predicted molar refractivity (Wildman–Crippen MR) is 87.2 cm³/mol. The summed E-state index contributed by atoms with van der Waals surface area (Å²) in [6, 6.07) is 3.97. The van der Waals surface area contributed by atoms with Gasteiger partial charge in [-0.2, -0.15) is 0 Å². The molecule has 0 saturated carbocycles. The van der Waals surface area contributed by atoms with Gasteiger partial charge in [-0.15, -0.1) is 11.3 Å². The number of hydrogen-bond acceptors (Lipinski definition) is 4. The molecule has 0 aliphatic rings. The van der Waals surface area contributed by atoms with Crippen LogP contribution in [0.4, 0.5) is 0 Å². The Morgan fingerprint density at radius 2 is 2.19 bits per heavy atom. The summed E-state index contributed by atoms with van der Waals surface area (Å²) in [6.07, 6.45) is 0.920. The molecule has 5 nitrogen and oxygen atoms in total. The standard InChI is InChI=1S/C14H19ClN4OS/c1-9-12(10(2)20-19-9)8-18-14(16-3)17-7-6-11-4-5-13(15)21-11/h4-5H,6-8H2,1-3H3,(H2,16,17,18). The Balaban J connectivity index is 1.78. The maximum atomic E-state index is 5.91. The molecule has 21 heavy (non-hydrogen) atoms. The third-order valence-electron chi connectivity index (χ3n) is 3.13. The van der Waals surface area contributed by atoms with Gasteiger partial charge in [0.2, 0.25) is 0 Å². The largest absolute Gasteiger partial charge is 0.361 e. The zero-order valence-electron chi connectivity index (χ0n) is 12.4. The SMILES string of the molecule is CN=C(NCCc1ccc(Cl)s1)NCc1c(C)noc1C. The Morgan fingerprint density at radius 1 is 1.38 bits per heavy atom. The lowest BCUT2D eigenvalue weighted by Crippen LogP contribution is -2.38. The van der Waals surface area contributed by atoms with E-state index in [1.54, 1.807) is 18.4 Å². The molecular weight excluding hydrogens is 308 g/mol. The molecule has 2 aromatic rings. The Kier molecular flexibility index (Phi) is 5.64. The summed E-state index contributed by atoms with van der Waals surface area (Å²) in [4.78, 5) is 5.46. The molecule has 2 heterocycles. The number of aliphatic imine (C=N–C) groups is 1. The molecular formula is C14H19ClN4OS. The Hall–Kier alpha value is -1.53.